The Morgan fingerprint density at radius 3 is 2.80 bits per heavy atom. The number of hydrogen-bond acceptors (Lipinski definition) is 2. The predicted molar refractivity (Wildman–Crippen MR) is 77.9 cm³/mol. The van der Waals surface area contributed by atoms with Crippen LogP contribution in [0.15, 0.2) is 30.3 Å². The zero-order chi connectivity index (χ0) is 13.8. The van der Waals surface area contributed by atoms with E-state index in [0.29, 0.717) is 30.6 Å². The molecule has 2 atom stereocenters. The molecule has 1 saturated heterocycles. The average molecular weight is 272 g/mol. The molecule has 1 aliphatic carbocycles. The SMILES string of the molecule is O=C1CC(=[NH+]C[C@@H]2CCCO2)C[C@H](c2ccccc2)C1. The van der Waals surface area contributed by atoms with Crippen LogP contribution < -0.4 is 4.99 Å². The summed E-state index contributed by atoms with van der Waals surface area (Å²) in [6.07, 6.45) is 4.87. The summed E-state index contributed by atoms with van der Waals surface area (Å²) in [6.45, 7) is 1.73. The van der Waals surface area contributed by atoms with E-state index in [-0.39, 0.29) is 0 Å². The molecule has 0 radical (unpaired) electrons. The van der Waals surface area contributed by atoms with Crippen molar-refractivity contribution in [3.63, 3.8) is 0 Å². The Labute approximate surface area is 120 Å². The molecule has 20 heavy (non-hydrogen) atoms. The Morgan fingerprint density at radius 2 is 2.05 bits per heavy atom. The van der Waals surface area contributed by atoms with Gasteiger partial charge in [-0.15, -0.1) is 0 Å². The maximum atomic E-state index is 12.0. The van der Waals surface area contributed by atoms with Gasteiger partial charge >= 0.3 is 0 Å². The summed E-state index contributed by atoms with van der Waals surface area (Å²) in [5, 5.41) is 0. The maximum Gasteiger partial charge on any atom is 0.166 e. The van der Waals surface area contributed by atoms with Gasteiger partial charge in [0, 0.05) is 25.4 Å². The summed E-state index contributed by atoms with van der Waals surface area (Å²) in [4.78, 5) is 15.4. The number of hydrogen-bond donors (Lipinski definition) is 1. The van der Waals surface area contributed by atoms with Crippen molar-refractivity contribution in [1.29, 1.82) is 0 Å². The summed E-state index contributed by atoms with van der Waals surface area (Å²) < 4.78 is 5.62. The first-order valence-corrected chi connectivity index (χ1v) is 7.58. The van der Waals surface area contributed by atoms with Crippen LogP contribution in [-0.2, 0) is 9.53 Å². The molecule has 0 spiro atoms. The Balaban J connectivity index is 1.66. The molecule has 2 fully saturated rings. The van der Waals surface area contributed by atoms with Crippen molar-refractivity contribution in [1.82, 2.24) is 0 Å². The topological polar surface area (TPSA) is 40.3 Å². The molecule has 0 bridgehead atoms. The van der Waals surface area contributed by atoms with Crippen LogP contribution >= 0.6 is 0 Å². The van der Waals surface area contributed by atoms with Crippen LogP contribution in [0.5, 0.6) is 0 Å². The maximum absolute atomic E-state index is 12.0. The number of ketones is 1. The van der Waals surface area contributed by atoms with Gasteiger partial charge in [0.15, 0.2) is 12.3 Å². The Hall–Kier alpha value is -1.48. The summed E-state index contributed by atoms with van der Waals surface area (Å²) in [7, 11) is 0. The van der Waals surface area contributed by atoms with Crippen molar-refractivity contribution >= 4 is 11.5 Å². The lowest BCUT2D eigenvalue weighted by Gasteiger charge is -2.20. The highest BCUT2D eigenvalue weighted by Gasteiger charge is 2.29. The number of ether oxygens (including phenoxy) is 1. The van der Waals surface area contributed by atoms with Gasteiger partial charge in [0.25, 0.3) is 0 Å². The van der Waals surface area contributed by atoms with Crippen molar-refractivity contribution in [3.05, 3.63) is 35.9 Å². The molecule has 106 valence electrons. The number of rotatable bonds is 3. The third-order valence-corrected chi connectivity index (χ3v) is 4.25. The number of nitrogens with one attached hydrogen (secondary N) is 1. The van der Waals surface area contributed by atoms with Crippen molar-refractivity contribution in [2.45, 2.75) is 44.1 Å². The van der Waals surface area contributed by atoms with E-state index < -0.39 is 0 Å². The molecular weight excluding hydrogens is 250 g/mol. The highest BCUT2D eigenvalue weighted by atomic mass is 16.5. The van der Waals surface area contributed by atoms with Crippen LogP contribution in [0, 0.1) is 0 Å². The minimum Gasteiger partial charge on any atom is -0.372 e. The molecule has 2 aliphatic rings. The number of carbonyl (C=O) groups is 1. The zero-order valence-electron chi connectivity index (χ0n) is 11.8. The van der Waals surface area contributed by atoms with Crippen LogP contribution in [0.4, 0.5) is 0 Å². The van der Waals surface area contributed by atoms with Gasteiger partial charge in [-0.25, -0.2) is 4.99 Å². The van der Waals surface area contributed by atoms with E-state index in [1.807, 2.05) is 18.2 Å². The van der Waals surface area contributed by atoms with E-state index >= 15 is 0 Å². The fraction of sp³-hybridized carbons (Fsp3) is 0.529. The highest BCUT2D eigenvalue weighted by Crippen LogP contribution is 2.28. The van der Waals surface area contributed by atoms with E-state index in [2.05, 4.69) is 17.1 Å². The molecular formula is C17H22NO2+. The van der Waals surface area contributed by atoms with E-state index in [1.54, 1.807) is 0 Å². The third-order valence-electron chi connectivity index (χ3n) is 4.25. The van der Waals surface area contributed by atoms with Crippen molar-refractivity contribution < 1.29 is 14.5 Å². The van der Waals surface area contributed by atoms with E-state index in [0.717, 1.165) is 32.4 Å². The number of Topliss-reactive ketones (excluding diaryl/α,β-unsaturated/α-hetero) is 1. The highest BCUT2D eigenvalue weighted by molar-refractivity contribution is 6.02. The minimum absolute atomic E-state index is 0.328. The lowest BCUT2D eigenvalue weighted by molar-refractivity contribution is -0.471. The van der Waals surface area contributed by atoms with Crippen molar-refractivity contribution in [2.24, 2.45) is 0 Å². The van der Waals surface area contributed by atoms with E-state index in [9.17, 15) is 4.79 Å². The Bertz CT molecular complexity index is 489. The molecule has 1 saturated carbocycles. The monoisotopic (exact) mass is 272 g/mol. The normalized spacial score (nSPS) is 29.0. The number of carbonyl (C=O) groups excluding carboxylic acids is 1. The molecule has 1 heterocycles. The standard InChI is InChI=1S/C17H21NO2/c19-16-10-14(13-5-2-1-3-6-13)9-15(11-16)18-12-17-7-4-8-20-17/h1-3,5-6,14,17H,4,7-12H2/p+1/t14-,17-/m0/s1. The molecule has 1 aromatic carbocycles. The van der Waals surface area contributed by atoms with Gasteiger partial charge in [0.2, 0.25) is 0 Å². The molecule has 0 unspecified atom stereocenters. The van der Waals surface area contributed by atoms with Gasteiger partial charge in [0.05, 0.1) is 6.42 Å². The first-order chi connectivity index (χ1) is 9.81. The van der Waals surface area contributed by atoms with Gasteiger partial charge in [-0.1, -0.05) is 30.3 Å². The van der Waals surface area contributed by atoms with Crippen molar-refractivity contribution in [3.8, 4) is 0 Å². The quantitative estimate of drug-likeness (QED) is 0.899. The molecule has 3 rings (SSSR count). The molecule has 0 amide bonds. The summed E-state index contributed by atoms with van der Waals surface area (Å²) in [5.41, 5.74) is 2.46. The first-order valence-electron chi connectivity index (χ1n) is 7.58. The van der Waals surface area contributed by atoms with E-state index in [1.165, 1.54) is 11.3 Å². The second-order valence-electron chi connectivity index (χ2n) is 5.85. The number of benzene rings is 1. The van der Waals surface area contributed by atoms with Crippen LogP contribution in [0.1, 0.15) is 43.6 Å². The summed E-state index contributed by atoms with van der Waals surface area (Å²) in [5.74, 6) is 0.685. The van der Waals surface area contributed by atoms with Crippen LogP contribution in [0.25, 0.3) is 0 Å². The molecule has 0 aromatic heterocycles. The van der Waals surface area contributed by atoms with Crippen molar-refractivity contribution in [2.75, 3.05) is 13.2 Å². The second-order valence-corrected chi connectivity index (χ2v) is 5.85. The van der Waals surface area contributed by atoms with E-state index in [4.69, 9.17) is 4.74 Å². The predicted octanol–water partition coefficient (Wildman–Crippen LogP) is 1.22. The summed E-state index contributed by atoms with van der Waals surface area (Å²) in [6, 6.07) is 10.4. The molecule has 3 heteroatoms. The fourth-order valence-corrected chi connectivity index (χ4v) is 3.19. The smallest absolute Gasteiger partial charge is 0.166 e. The zero-order valence-corrected chi connectivity index (χ0v) is 11.8. The lowest BCUT2D eigenvalue weighted by Crippen LogP contribution is -2.76. The molecule has 1 aromatic rings. The Kier molecular flexibility index (Phi) is 4.26. The molecule has 3 nitrogen and oxygen atoms in total. The van der Waals surface area contributed by atoms with Gasteiger partial charge < -0.3 is 4.74 Å². The second kappa shape index (κ2) is 6.31. The van der Waals surface area contributed by atoms with Crippen LogP contribution in [-0.4, -0.2) is 30.8 Å². The first kappa shape index (κ1) is 13.5. The van der Waals surface area contributed by atoms with Gasteiger partial charge in [-0.3, -0.25) is 4.79 Å². The van der Waals surface area contributed by atoms with Crippen LogP contribution in [0.2, 0.25) is 0 Å². The van der Waals surface area contributed by atoms with Gasteiger partial charge in [-0.05, 0) is 18.4 Å². The largest absolute Gasteiger partial charge is 0.372 e. The summed E-state index contributed by atoms with van der Waals surface area (Å²) >= 11 is 0. The Morgan fingerprint density at radius 1 is 1.20 bits per heavy atom. The van der Waals surface area contributed by atoms with Crippen LogP contribution in [0.3, 0.4) is 0 Å². The lowest BCUT2D eigenvalue weighted by atomic mass is 9.82. The molecule has 1 N–H and O–H groups in total. The average Bonchev–Trinajstić information content (AvgIpc) is 2.99. The molecule has 1 aliphatic heterocycles. The fourth-order valence-electron chi connectivity index (χ4n) is 3.19. The van der Waals surface area contributed by atoms with Gasteiger partial charge in [-0.2, -0.15) is 0 Å². The third kappa shape index (κ3) is 3.34. The minimum atomic E-state index is 0.328. The van der Waals surface area contributed by atoms with Gasteiger partial charge in [0.1, 0.15) is 11.9 Å².